The molecular weight excluding hydrogens is 212 g/mol. The van der Waals surface area contributed by atoms with Gasteiger partial charge in [-0.05, 0) is 49.4 Å². The van der Waals surface area contributed by atoms with E-state index in [0.29, 0.717) is 0 Å². The van der Waals surface area contributed by atoms with Gasteiger partial charge in [0.05, 0.1) is 6.04 Å². The maximum Gasteiger partial charge on any atom is 0.237 e. The average molecular weight is 238 g/mol. The van der Waals surface area contributed by atoms with Crippen molar-refractivity contribution in [2.45, 2.75) is 52.0 Å². The second-order valence-corrected chi connectivity index (χ2v) is 6.28. The summed E-state index contributed by atoms with van der Waals surface area (Å²) >= 11 is 0. The van der Waals surface area contributed by atoms with Gasteiger partial charge in [0.1, 0.15) is 0 Å². The zero-order valence-corrected chi connectivity index (χ0v) is 11.1. The van der Waals surface area contributed by atoms with Gasteiger partial charge in [-0.15, -0.1) is 0 Å². The Labute approximate surface area is 105 Å². The average Bonchev–Trinajstić information content (AvgIpc) is 2.89. The number of nitrogens with one attached hydrogen (secondary N) is 1. The van der Waals surface area contributed by atoms with Crippen LogP contribution < -0.4 is 11.1 Å². The van der Waals surface area contributed by atoms with Crippen LogP contribution in [0.5, 0.6) is 0 Å². The van der Waals surface area contributed by atoms with Crippen molar-refractivity contribution in [3.63, 3.8) is 0 Å². The molecule has 2 bridgehead atoms. The lowest BCUT2D eigenvalue weighted by Gasteiger charge is -2.22. The summed E-state index contributed by atoms with van der Waals surface area (Å²) in [5, 5.41) is 2.99. The molecule has 2 fully saturated rings. The zero-order valence-electron chi connectivity index (χ0n) is 11.1. The van der Waals surface area contributed by atoms with Gasteiger partial charge in [0.25, 0.3) is 0 Å². The number of carbonyl (C=O) groups excluding carboxylic acids is 1. The van der Waals surface area contributed by atoms with E-state index >= 15 is 0 Å². The van der Waals surface area contributed by atoms with E-state index in [1.54, 1.807) is 0 Å². The molecule has 0 aromatic rings. The Morgan fingerprint density at radius 2 is 2.12 bits per heavy atom. The predicted molar refractivity (Wildman–Crippen MR) is 69.4 cm³/mol. The Kier molecular flexibility index (Phi) is 4.08. The molecule has 2 saturated carbocycles. The molecule has 2 aliphatic carbocycles. The summed E-state index contributed by atoms with van der Waals surface area (Å²) in [5.41, 5.74) is 5.80. The van der Waals surface area contributed by atoms with E-state index in [1.807, 2.05) is 13.8 Å². The van der Waals surface area contributed by atoms with Crippen molar-refractivity contribution >= 4 is 5.91 Å². The third-order valence-corrected chi connectivity index (χ3v) is 4.72. The van der Waals surface area contributed by atoms with Crippen LogP contribution in [0.4, 0.5) is 0 Å². The van der Waals surface area contributed by atoms with Gasteiger partial charge in [0.2, 0.25) is 5.91 Å². The first-order valence-corrected chi connectivity index (χ1v) is 7.11. The second kappa shape index (κ2) is 5.38. The molecule has 0 aromatic heterocycles. The normalized spacial score (nSPS) is 33.1. The Balaban J connectivity index is 1.65. The first kappa shape index (κ1) is 12.9. The molecule has 2 aliphatic rings. The van der Waals surface area contributed by atoms with E-state index in [0.717, 1.165) is 30.7 Å². The van der Waals surface area contributed by atoms with Gasteiger partial charge >= 0.3 is 0 Å². The lowest BCUT2D eigenvalue weighted by atomic mass is 9.86. The Hall–Kier alpha value is -0.570. The first-order chi connectivity index (χ1) is 8.08. The van der Waals surface area contributed by atoms with E-state index in [4.69, 9.17) is 5.73 Å². The minimum atomic E-state index is -0.352. The van der Waals surface area contributed by atoms with Gasteiger partial charge in [0, 0.05) is 6.54 Å². The number of fused-ring (bicyclic) bond motifs is 2. The van der Waals surface area contributed by atoms with Gasteiger partial charge in [0.15, 0.2) is 0 Å². The van der Waals surface area contributed by atoms with Crippen molar-refractivity contribution in [2.24, 2.45) is 29.4 Å². The molecule has 0 heterocycles. The largest absolute Gasteiger partial charge is 0.355 e. The molecule has 0 aromatic carbocycles. The summed E-state index contributed by atoms with van der Waals surface area (Å²) in [6, 6.07) is -0.352. The Morgan fingerprint density at radius 3 is 2.65 bits per heavy atom. The fourth-order valence-electron chi connectivity index (χ4n) is 3.53. The molecule has 1 amide bonds. The molecule has 0 radical (unpaired) electrons. The van der Waals surface area contributed by atoms with Crippen molar-refractivity contribution in [1.82, 2.24) is 5.32 Å². The highest BCUT2D eigenvalue weighted by Gasteiger charge is 2.38. The van der Waals surface area contributed by atoms with Crippen molar-refractivity contribution < 1.29 is 4.79 Å². The fourth-order valence-corrected chi connectivity index (χ4v) is 3.53. The number of amides is 1. The predicted octanol–water partition coefficient (Wildman–Crippen LogP) is 1.91. The highest BCUT2D eigenvalue weighted by molar-refractivity contribution is 5.81. The van der Waals surface area contributed by atoms with E-state index in [9.17, 15) is 4.79 Å². The maximum atomic E-state index is 11.7. The van der Waals surface area contributed by atoms with Gasteiger partial charge in [-0.3, -0.25) is 4.79 Å². The van der Waals surface area contributed by atoms with Crippen LogP contribution in [0.2, 0.25) is 0 Å². The third-order valence-electron chi connectivity index (χ3n) is 4.72. The molecule has 2 rings (SSSR count). The van der Waals surface area contributed by atoms with E-state index in [1.165, 1.54) is 25.7 Å². The highest BCUT2D eigenvalue weighted by Crippen LogP contribution is 2.49. The zero-order chi connectivity index (χ0) is 12.4. The lowest BCUT2D eigenvalue weighted by Crippen LogP contribution is -2.44. The van der Waals surface area contributed by atoms with E-state index in [2.05, 4.69) is 5.32 Å². The quantitative estimate of drug-likeness (QED) is 0.768. The highest BCUT2D eigenvalue weighted by atomic mass is 16.2. The summed E-state index contributed by atoms with van der Waals surface area (Å²) < 4.78 is 0. The lowest BCUT2D eigenvalue weighted by molar-refractivity contribution is -0.123. The number of hydrogen-bond donors (Lipinski definition) is 2. The van der Waals surface area contributed by atoms with Gasteiger partial charge in [-0.25, -0.2) is 0 Å². The molecule has 4 atom stereocenters. The summed E-state index contributed by atoms with van der Waals surface area (Å²) in [5.74, 6) is 3.05. The summed E-state index contributed by atoms with van der Waals surface area (Å²) in [6.45, 7) is 4.79. The monoisotopic (exact) mass is 238 g/mol. The van der Waals surface area contributed by atoms with Crippen LogP contribution in [-0.2, 0) is 4.79 Å². The molecule has 0 saturated heterocycles. The topological polar surface area (TPSA) is 55.1 Å². The maximum absolute atomic E-state index is 11.7. The molecule has 3 unspecified atom stereocenters. The molecule has 3 N–H and O–H groups in total. The minimum Gasteiger partial charge on any atom is -0.355 e. The third kappa shape index (κ3) is 3.01. The molecular formula is C14H26N2O. The van der Waals surface area contributed by atoms with Crippen LogP contribution in [0.3, 0.4) is 0 Å². The molecule has 3 heteroatoms. The number of hydrogen-bond acceptors (Lipinski definition) is 2. The minimum absolute atomic E-state index is 0.0168. The molecule has 17 heavy (non-hydrogen) atoms. The number of rotatable bonds is 5. The molecule has 0 spiro atoms. The Bertz CT molecular complexity index is 277. The van der Waals surface area contributed by atoms with Gasteiger partial charge in [-0.1, -0.05) is 20.3 Å². The smallest absolute Gasteiger partial charge is 0.237 e. The second-order valence-electron chi connectivity index (χ2n) is 6.28. The van der Waals surface area contributed by atoms with Crippen LogP contribution >= 0.6 is 0 Å². The van der Waals surface area contributed by atoms with Crippen LogP contribution in [0.25, 0.3) is 0 Å². The van der Waals surface area contributed by atoms with E-state index in [-0.39, 0.29) is 17.9 Å². The van der Waals surface area contributed by atoms with Crippen LogP contribution in [0, 0.1) is 23.7 Å². The fraction of sp³-hybridized carbons (Fsp3) is 0.929. The summed E-state index contributed by atoms with van der Waals surface area (Å²) in [6.07, 6.45) is 6.87. The molecule has 98 valence electrons. The Morgan fingerprint density at radius 1 is 1.35 bits per heavy atom. The van der Waals surface area contributed by atoms with Crippen molar-refractivity contribution in [3.05, 3.63) is 0 Å². The number of carbonyl (C=O) groups is 1. The molecule has 3 nitrogen and oxygen atoms in total. The van der Waals surface area contributed by atoms with Crippen LogP contribution in [-0.4, -0.2) is 18.5 Å². The van der Waals surface area contributed by atoms with Crippen LogP contribution in [0.15, 0.2) is 0 Å². The summed E-state index contributed by atoms with van der Waals surface area (Å²) in [4.78, 5) is 11.7. The summed E-state index contributed by atoms with van der Waals surface area (Å²) in [7, 11) is 0. The van der Waals surface area contributed by atoms with Gasteiger partial charge in [-0.2, -0.15) is 0 Å². The standard InChI is InChI=1S/C14H26N2O/c1-9(2)13(15)14(17)16-6-5-12-8-10-3-4-11(12)7-10/h9-13H,3-8,15H2,1-2H3,(H,16,17)/t10?,11?,12?,13-/m0/s1. The van der Waals surface area contributed by atoms with Crippen molar-refractivity contribution in [2.75, 3.05) is 6.54 Å². The SMILES string of the molecule is CC(C)[C@H](N)C(=O)NCCC1CC2CCC1C2. The van der Waals surface area contributed by atoms with E-state index < -0.39 is 0 Å². The number of nitrogens with two attached hydrogens (primary N) is 1. The van der Waals surface area contributed by atoms with Gasteiger partial charge < -0.3 is 11.1 Å². The van der Waals surface area contributed by atoms with Crippen molar-refractivity contribution in [1.29, 1.82) is 0 Å². The molecule has 0 aliphatic heterocycles. The van der Waals surface area contributed by atoms with Crippen molar-refractivity contribution in [3.8, 4) is 0 Å². The van der Waals surface area contributed by atoms with Crippen LogP contribution in [0.1, 0.15) is 46.0 Å². The first-order valence-electron chi connectivity index (χ1n) is 7.11.